The number of imidazole rings is 1. The van der Waals surface area contributed by atoms with Gasteiger partial charge < -0.3 is 24.0 Å². The molecule has 0 radical (unpaired) electrons. The van der Waals surface area contributed by atoms with Gasteiger partial charge in [-0.1, -0.05) is 5.21 Å². The Morgan fingerprint density at radius 1 is 1.25 bits per heavy atom. The average molecular weight is 442 g/mol. The first-order valence-corrected chi connectivity index (χ1v) is 11.0. The highest BCUT2D eigenvalue weighted by Gasteiger charge is 2.45. The molecule has 2 atom stereocenters. The maximum absolute atomic E-state index is 14.8. The Labute approximate surface area is 185 Å². The highest BCUT2D eigenvalue weighted by Crippen LogP contribution is 2.38. The summed E-state index contributed by atoms with van der Waals surface area (Å²) in [5.41, 5.74) is 1.18. The molecule has 2 aliphatic heterocycles. The molecule has 170 valence electrons. The van der Waals surface area contributed by atoms with Gasteiger partial charge in [0.15, 0.2) is 0 Å². The van der Waals surface area contributed by atoms with Crippen molar-refractivity contribution in [3.63, 3.8) is 0 Å². The Hall–Kier alpha value is -2.82. The van der Waals surface area contributed by atoms with Crippen molar-refractivity contribution in [3.05, 3.63) is 60.2 Å². The molecule has 2 saturated heterocycles. The summed E-state index contributed by atoms with van der Waals surface area (Å²) in [6.07, 6.45) is 10.1. The van der Waals surface area contributed by atoms with Crippen LogP contribution < -0.4 is 0 Å². The summed E-state index contributed by atoms with van der Waals surface area (Å²) in [6, 6.07) is 3.99. The summed E-state index contributed by atoms with van der Waals surface area (Å²) in [6.45, 7) is 4.27. The molecule has 0 bridgehead atoms. The molecule has 2 fully saturated rings. The SMILES string of the molecule is Oc1ccc([C@@]2(Cn3ccnc3)OC[C@H](Cn3cc(CCN4CCCC4)nn3)O2)c(F)c1. The summed E-state index contributed by atoms with van der Waals surface area (Å²) in [5.74, 6) is -2.07. The molecule has 1 N–H and O–H groups in total. The molecule has 1 aromatic carbocycles. The lowest BCUT2D eigenvalue weighted by atomic mass is 10.0. The van der Waals surface area contributed by atoms with Crippen molar-refractivity contribution in [1.29, 1.82) is 0 Å². The number of halogens is 1. The normalized spacial score (nSPS) is 23.8. The van der Waals surface area contributed by atoms with Crippen LogP contribution in [0.1, 0.15) is 24.1 Å². The van der Waals surface area contributed by atoms with Crippen LogP contribution >= 0.6 is 0 Å². The van der Waals surface area contributed by atoms with Crippen LogP contribution in [0.5, 0.6) is 5.75 Å². The number of aromatic nitrogens is 5. The second-order valence-electron chi connectivity index (χ2n) is 8.43. The third-order valence-electron chi connectivity index (χ3n) is 6.03. The molecular weight excluding hydrogens is 415 g/mol. The first-order valence-electron chi connectivity index (χ1n) is 11.0. The van der Waals surface area contributed by atoms with Crippen molar-refractivity contribution in [1.82, 2.24) is 29.4 Å². The van der Waals surface area contributed by atoms with Gasteiger partial charge in [0.1, 0.15) is 17.7 Å². The van der Waals surface area contributed by atoms with Crippen LogP contribution in [0.4, 0.5) is 4.39 Å². The van der Waals surface area contributed by atoms with Gasteiger partial charge in [-0.3, -0.25) is 0 Å². The zero-order valence-electron chi connectivity index (χ0n) is 17.8. The van der Waals surface area contributed by atoms with E-state index in [0.29, 0.717) is 6.54 Å². The number of nitrogens with zero attached hydrogens (tertiary/aromatic N) is 6. The smallest absolute Gasteiger partial charge is 0.216 e. The van der Waals surface area contributed by atoms with E-state index in [1.54, 1.807) is 28.0 Å². The molecule has 10 heteroatoms. The lowest BCUT2D eigenvalue weighted by Crippen LogP contribution is -2.35. The summed E-state index contributed by atoms with van der Waals surface area (Å²) < 4.78 is 30.7. The van der Waals surface area contributed by atoms with Crippen LogP contribution in [0.15, 0.2) is 43.1 Å². The number of hydrogen-bond acceptors (Lipinski definition) is 7. The topological polar surface area (TPSA) is 90.5 Å². The number of phenols is 1. The number of likely N-dealkylation sites (tertiary alicyclic amines) is 1. The standard InChI is InChI=1S/C22H27FN6O3/c23-21-11-18(30)3-4-20(21)22(15-28-10-6-24-16-28)31-14-19(32-22)13-29-12-17(25-26-29)5-9-27-7-1-2-8-27/h3-4,6,10-12,16,19,30H,1-2,5,7-9,13-15H2/t19-,22-/m0/s1. The van der Waals surface area contributed by atoms with Crippen LogP contribution in [0, 0.1) is 5.82 Å². The molecule has 2 aliphatic rings. The van der Waals surface area contributed by atoms with Crippen molar-refractivity contribution in [2.24, 2.45) is 0 Å². The Morgan fingerprint density at radius 3 is 2.91 bits per heavy atom. The predicted octanol–water partition coefficient (Wildman–Crippen LogP) is 1.93. The molecule has 9 nitrogen and oxygen atoms in total. The number of phenolic OH excluding ortho intramolecular Hbond substituents is 1. The maximum atomic E-state index is 14.8. The van der Waals surface area contributed by atoms with E-state index in [0.717, 1.165) is 37.8 Å². The van der Waals surface area contributed by atoms with E-state index < -0.39 is 11.6 Å². The minimum absolute atomic E-state index is 0.150. The number of aromatic hydroxyl groups is 1. The first-order chi connectivity index (χ1) is 15.6. The van der Waals surface area contributed by atoms with Crippen molar-refractivity contribution in [3.8, 4) is 5.75 Å². The number of ether oxygens (including phenoxy) is 2. The molecule has 2 aromatic heterocycles. The molecular formula is C22H27FN6O3. The van der Waals surface area contributed by atoms with Gasteiger partial charge in [-0.15, -0.1) is 5.10 Å². The number of rotatable bonds is 8. The van der Waals surface area contributed by atoms with E-state index >= 15 is 0 Å². The van der Waals surface area contributed by atoms with Crippen molar-refractivity contribution in [2.75, 3.05) is 26.2 Å². The minimum Gasteiger partial charge on any atom is -0.508 e. The fourth-order valence-corrected chi connectivity index (χ4v) is 4.43. The molecule has 3 aromatic rings. The van der Waals surface area contributed by atoms with Gasteiger partial charge >= 0.3 is 0 Å². The van der Waals surface area contributed by atoms with Gasteiger partial charge in [-0.2, -0.15) is 0 Å². The van der Waals surface area contributed by atoms with E-state index in [1.807, 2.05) is 6.20 Å². The lowest BCUT2D eigenvalue weighted by Gasteiger charge is -2.29. The van der Waals surface area contributed by atoms with Crippen LogP contribution in [0.2, 0.25) is 0 Å². The lowest BCUT2D eigenvalue weighted by molar-refractivity contribution is -0.190. The van der Waals surface area contributed by atoms with E-state index in [4.69, 9.17) is 9.47 Å². The van der Waals surface area contributed by atoms with E-state index in [9.17, 15) is 9.50 Å². The second kappa shape index (κ2) is 8.97. The Morgan fingerprint density at radius 2 is 2.12 bits per heavy atom. The molecule has 4 heterocycles. The summed E-state index contributed by atoms with van der Waals surface area (Å²) >= 11 is 0. The molecule has 0 spiro atoms. The number of benzene rings is 1. The Balaban J connectivity index is 1.28. The van der Waals surface area contributed by atoms with Crippen LogP contribution in [0.3, 0.4) is 0 Å². The van der Waals surface area contributed by atoms with Crippen molar-refractivity contribution >= 4 is 0 Å². The third kappa shape index (κ3) is 4.52. The maximum Gasteiger partial charge on any atom is 0.216 e. The van der Waals surface area contributed by atoms with Crippen LogP contribution in [-0.2, 0) is 34.8 Å². The summed E-state index contributed by atoms with van der Waals surface area (Å²) in [5, 5.41) is 18.2. The monoisotopic (exact) mass is 442 g/mol. The quantitative estimate of drug-likeness (QED) is 0.570. The van der Waals surface area contributed by atoms with E-state index in [-0.39, 0.29) is 30.6 Å². The van der Waals surface area contributed by atoms with Crippen molar-refractivity contribution < 1.29 is 19.0 Å². The molecule has 5 rings (SSSR count). The van der Waals surface area contributed by atoms with Gasteiger partial charge in [0.25, 0.3) is 0 Å². The van der Waals surface area contributed by atoms with Gasteiger partial charge in [0.2, 0.25) is 5.79 Å². The zero-order chi connectivity index (χ0) is 22.0. The summed E-state index contributed by atoms with van der Waals surface area (Å²) in [4.78, 5) is 6.50. The third-order valence-corrected chi connectivity index (χ3v) is 6.03. The summed E-state index contributed by atoms with van der Waals surface area (Å²) in [7, 11) is 0. The fraction of sp³-hybridized carbons (Fsp3) is 0.500. The highest BCUT2D eigenvalue weighted by atomic mass is 19.1. The minimum atomic E-state index is -1.33. The Bertz CT molecular complexity index is 1040. The molecule has 0 amide bonds. The van der Waals surface area contributed by atoms with E-state index in [1.165, 1.54) is 25.0 Å². The molecule has 32 heavy (non-hydrogen) atoms. The number of hydrogen-bond donors (Lipinski definition) is 1. The van der Waals surface area contributed by atoms with Crippen LogP contribution in [0.25, 0.3) is 0 Å². The zero-order valence-corrected chi connectivity index (χ0v) is 17.8. The molecule has 0 aliphatic carbocycles. The molecule has 0 unspecified atom stereocenters. The average Bonchev–Trinajstić information content (AvgIpc) is 3.56. The Kier molecular flexibility index (Phi) is 5.90. The highest BCUT2D eigenvalue weighted by molar-refractivity contribution is 5.31. The van der Waals surface area contributed by atoms with Crippen LogP contribution in [-0.4, -0.2) is 66.9 Å². The molecule has 0 saturated carbocycles. The van der Waals surface area contributed by atoms with Crippen molar-refractivity contribution in [2.45, 2.75) is 44.2 Å². The van der Waals surface area contributed by atoms with Gasteiger partial charge in [-0.25, -0.2) is 14.1 Å². The fourth-order valence-electron chi connectivity index (χ4n) is 4.43. The van der Waals surface area contributed by atoms with E-state index in [2.05, 4.69) is 20.2 Å². The van der Waals surface area contributed by atoms with Gasteiger partial charge in [0, 0.05) is 43.2 Å². The van der Waals surface area contributed by atoms with Gasteiger partial charge in [0.05, 0.1) is 31.7 Å². The first kappa shape index (κ1) is 21.0. The largest absolute Gasteiger partial charge is 0.508 e. The predicted molar refractivity (Wildman–Crippen MR) is 112 cm³/mol. The van der Waals surface area contributed by atoms with Gasteiger partial charge in [-0.05, 0) is 38.1 Å². The second-order valence-corrected chi connectivity index (χ2v) is 8.43.